The molecule has 2 N–H and O–H groups in total. The number of hydrogen-bond acceptors (Lipinski definition) is 7. The monoisotopic (exact) mass is 570 g/mol. The number of alkyl halides is 4. The Labute approximate surface area is 231 Å². The van der Waals surface area contributed by atoms with E-state index in [-0.39, 0.29) is 11.2 Å². The summed E-state index contributed by atoms with van der Waals surface area (Å²) in [6.07, 6.45) is 3.68. The second kappa shape index (κ2) is 9.98. The van der Waals surface area contributed by atoms with E-state index in [1.807, 2.05) is 12.1 Å². The van der Waals surface area contributed by atoms with Crippen molar-refractivity contribution in [3.8, 4) is 17.0 Å². The standard InChI is InChI=1S/C28H26F4N6O3/c1-16-22(6-17(9-33-16)21-3-2-19(10-34-21)41-26(31)32)36-25(39)20-11-35-38-5-4-18(7-23(20)38)37-14-27(15-37)12-28(40,13-27)8-24(29)30/h2-7,9-11,24,26,40H,8,12-15H2,1H3,(H,36,39). The van der Waals surface area contributed by atoms with Crippen LogP contribution in [0.3, 0.4) is 0 Å². The second-order valence-electron chi connectivity index (χ2n) is 10.9. The lowest BCUT2D eigenvalue weighted by atomic mass is 9.54. The van der Waals surface area contributed by atoms with Crippen LogP contribution in [0.15, 0.2) is 55.1 Å². The van der Waals surface area contributed by atoms with Crippen LogP contribution in [0.4, 0.5) is 28.9 Å². The fourth-order valence-corrected chi connectivity index (χ4v) is 6.00. The van der Waals surface area contributed by atoms with Crippen molar-refractivity contribution in [3.63, 3.8) is 0 Å². The van der Waals surface area contributed by atoms with Gasteiger partial charge in [0.15, 0.2) is 0 Å². The molecule has 214 valence electrons. The van der Waals surface area contributed by atoms with E-state index in [1.54, 1.807) is 29.9 Å². The van der Waals surface area contributed by atoms with E-state index < -0.39 is 31.0 Å². The molecule has 4 aromatic rings. The van der Waals surface area contributed by atoms with Crippen LogP contribution in [0.2, 0.25) is 0 Å². The summed E-state index contributed by atoms with van der Waals surface area (Å²) in [5, 5.41) is 17.5. The Morgan fingerprint density at radius 1 is 1.10 bits per heavy atom. The van der Waals surface area contributed by atoms with E-state index in [4.69, 9.17) is 0 Å². The van der Waals surface area contributed by atoms with Gasteiger partial charge >= 0.3 is 6.61 Å². The second-order valence-corrected chi connectivity index (χ2v) is 10.9. The zero-order chi connectivity index (χ0) is 28.9. The molecule has 0 bridgehead atoms. The molecule has 0 radical (unpaired) electrons. The molecule has 6 rings (SSSR count). The van der Waals surface area contributed by atoms with Crippen LogP contribution in [0.1, 0.15) is 35.3 Å². The van der Waals surface area contributed by atoms with E-state index in [2.05, 4.69) is 30.0 Å². The predicted octanol–water partition coefficient (Wildman–Crippen LogP) is 4.94. The highest BCUT2D eigenvalue weighted by atomic mass is 19.3. The quantitative estimate of drug-likeness (QED) is 0.289. The molecule has 13 heteroatoms. The molecule has 1 saturated carbocycles. The zero-order valence-corrected chi connectivity index (χ0v) is 21.9. The topological polar surface area (TPSA) is 105 Å². The molecule has 1 spiro atoms. The number of nitrogens with zero attached hydrogens (tertiary/aromatic N) is 5. The lowest BCUT2D eigenvalue weighted by molar-refractivity contribution is -0.161. The fraction of sp³-hybridized carbons (Fsp3) is 0.357. The first kappa shape index (κ1) is 26.9. The van der Waals surface area contributed by atoms with Crippen LogP contribution in [0, 0.1) is 12.3 Å². The number of aliphatic hydroxyl groups is 1. The Morgan fingerprint density at radius 2 is 1.88 bits per heavy atom. The lowest BCUT2D eigenvalue weighted by Gasteiger charge is -2.63. The summed E-state index contributed by atoms with van der Waals surface area (Å²) < 4.78 is 56.3. The number of carbonyl (C=O) groups is 1. The van der Waals surface area contributed by atoms with E-state index >= 15 is 0 Å². The number of rotatable bonds is 8. The normalized spacial score (nSPS) is 17.1. The zero-order valence-electron chi connectivity index (χ0n) is 21.9. The maximum Gasteiger partial charge on any atom is 0.387 e. The predicted molar refractivity (Wildman–Crippen MR) is 141 cm³/mol. The molecule has 9 nitrogen and oxygen atoms in total. The van der Waals surface area contributed by atoms with Crippen LogP contribution >= 0.6 is 0 Å². The summed E-state index contributed by atoms with van der Waals surface area (Å²) in [5.74, 6) is -0.469. The van der Waals surface area contributed by atoms with E-state index in [9.17, 15) is 27.5 Å². The average molecular weight is 571 g/mol. The first-order chi connectivity index (χ1) is 19.5. The molecule has 4 aromatic heterocycles. The van der Waals surface area contributed by atoms with Gasteiger partial charge in [0.2, 0.25) is 6.43 Å². The highest BCUT2D eigenvalue weighted by Crippen LogP contribution is 2.56. The van der Waals surface area contributed by atoms with Crippen molar-refractivity contribution in [3.05, 3.63) is 66.4 Å². The number of fused-ring (bicyclic) bond motifs is 1. The first-order valence-corrected chi connectivity index (χ1v) is 12.9. The minimum Gasteiger partial charge on any atom is -0.433 e. The molecular weight excluding hydrogens is 544 g/mol. The number of aryl methyl sites for hydroxylation is 1. The molecular formula is C28H26F4N6O3. The summed E-state index contributed by atoms with van der Waals surface area (Å²) in [4.78, 5) is 23.9. The van der Waals surface area contributed by atoms with Gasteiger partial charge in [0, 0.05) is 48.6 Å². The van der Waals surface area contributed by atoms with E-state index in [0.29, 0.717) is 59.7 Å². The largest absolute Gasteiger partial charge is 0.433 e. The molecule has 1 aliphatic carbocycles. The van der Waals surface area contributed by atoms with Gasteiger partial charge in [-0.2, -0.15) is 13.9 Å². The van der Waals surface area contributed by atoms with Crippen molar-refractivity contribution >= 4 is 22.8 Å². The van der Waals surface area contributed by atoms with Crippen molar-refractivity contribution in [2.45, 2.75) is 44.8 Å². The number of carbonyl (C=O) groups excluding carboxylic acids is 1. The molecule has 0 unspecified atom stereocenters. The molecule has 0 aromatic carbocycles. The van der Waals surface area contributed by atoms with Gasteiger partial charge in [-0.1, -0.05) is 0 Å². The van der Waals surface area contributed by atoms with Gasteiger partial charge in [0.1, 0.15) is 5.75 Å². The van der Waals surface area contributed by atoms with Gasteiger partial charge in [-0.15, -0.1) is 0 Å². The maximum absolute atomic E-state index is 13.3. The van der Waals surface area contributed by atoms with Crippen molar-refractivity contribution in [2.75, 3.05) is 23.3 Å². The summed E-state index contributed by atoms with van der Waals surface area (Å²) in [5.41, 5.74) is 2.40. The molecule has 2 fully saturated rings. The van der Waals surface area contributed by atoms with Crippen molar-refractivity contribution < 1.29 is 32.2 Å². The Bertz CT molecular complexity index is 1600. The van der Waals surface area contributed by atoms with Gasteiger partial charge in [0.25, 0.3) is 5.91 Å². The molecule has 0 atom stereocenters. The smallest absolute Gasteiger partial charge is 0.387 e. The summed E-state index contributed by atoms with van der Waals surface area (Å²) in [6, 6.07) is 8.32. The van der Waals surface area contributed by atoms with Crippen LogP contribution in [0.25, 0.3) is 16.8 Å². The Hall–Kier alpha value is -4.26. The summed E-state index contributed by atoms with van der Waals surface area (Å²) in [7, 11) is 0. The van der Waals surface area contributed by atoms with Crippen molar-refractivity contribution in [2.24, 2.45) is 5.41 Å². The Balaban J connectivity index is 1.16. The lowest BCUT2D eigenvalue weighted by Crippen LogP contribution is -2.68. The number of amides is 1. The van der Waals surface area contributed by atoms with Crippen LogP contribution in [0.5, 0.6) is 5.75 Å². The molecule has 1 aliphatic heterocycles. The number of aromatic nitrogens is 4. The number of ether oxygens (including phenoxy) is 1. The molecule has 1 amide bonds. The number of halogens is 4. The van der Waals surface area contributed by atoms with Gasteiger partial charge in [-0.3, -0.25) is 14.8 Å². The van der Waals surface area contributed by atoms with E-state index in [1.165, 1.54) is 24.5 Å². The van der Waals surface area contributed by atoms with Gasteiger partial charge in [-0.05, 0) is 50.1 Å². The van der Waals surface area contributed by atoms with Gasteiger partial charge < -0.3 is 20.1 Å². The fourth-order valence-electron chi connectivity index (χ4n) is 6.00. The Morgan fingerprint density at radius 3 is 2.56 bits per heavy atom. The summed E-state index contributed by atoms with van der Waals surface area (Å²) in [6.45, 7) is 0.0770. The van der Waals surface area contributed by atoms with Crippen molar-refractivity contribution in [1.82, 2.24) is 19.6 Å². The number of anilines is 2. The van der Waals surface area contributed by atoms with Gasteiger partial charge in [-0.25, -0.2) is 13.3 Å². The molecule has 1 saturated heterocycles. The maximum atomic E-state index is 13.3. The van der Waals surface area contributed by atoms with E-state index in [0.717, 1.165) is 5.69 Å². The molecule has 41 heavy (non-hydrogen) atoms. The molecule has 5 heterocycles. The summed E-state index contributed by atoms with van der Waals surface area (Å²) >= 11 is 0. The Kier molecular flexibility index (Phi) is 6.56. The average Bonchev–Trinajstić information content (AvgIpc) is 3.30. The number of pyridine rings is 3. The first-order valence-electron chi connectivity index (χ1n) is 12.9. The van der Waals surface area contributed by atoms with Crippen LogP contribution in [-0.2, 0) is 0 Å². The minimum absolute atomic E-state index is 0.0702. The number of nitrogens with one attached hydrogen (secondary N) is 1. The van der Waals surface area contributed by atoms with Crippen molar-refractivity contribution in [1.29, 1.82) is 0 Å². The minimum atomic E-state index is -2.95. The van der Waals surface area contributed by atoms with Gasteiger partial charge in [0.05, 0.1) is 46.2 Å². The van der Waals surface area contributed by atoms with Crippen LogP contribution in [-0.4, -0.2) is 62.3 Å². The van der Waals surface area contributed by atoms with Crippen LogP contribution < -0.4 is 15.0 Å². The third-order valence-electron chi connectivity index (χ3n) is 7.70. The highest BCUT2D eigenvalue weighted by Gasteiger charge is 2.60. The third-order valence-corrected chi connectivity index (χ3v) is 7.70. The number of hydrogen-bond donors (Lipinski definition) is 2. The highest BCUT2D eigenvalue weighted by molar-refractivity contribution is 6.09. The third kappa shape index (κ3) is 5.29. The SMILES string of the molecule is Cc1ncc(-c2ccc(OC(F)F)cn2)cc1NC(=O)c1cnn2ccc(N3CC4(C3)CC(O)(CC(F)F)C4)cc12. The molecule has 2 aliphatic rings.